The van der Waals surface area contributed by atoms with Crippen LogP contribution in [0.5, 0.6) is 0 Å². The maximum atomic E-state index is 12.8. The molecule has 2 fully saturated rings. The summed E-state index contributed by atoms with van der Waals surface area (Å²) in [4.78, 5) is 6.60. The highest BCUT2D eigenvalue weighted by molar-refractivity contribution is 7.99. The van der Waals surface area contributed by atoms with Crippen molar-refractivity contribution >= 4 is 11.8 Å². The van der Waals surface area contributed by atoms with Crippen LogP contribution in [0.1, 0.15) is 42.0 Å². The zero-order valence-corrected chi connectivity index (χ0v) is 19.4. The smallest absolute Gasteiger partial charge is 0.416 e. The summed E-state index contributed by atoms with van der Waals surface area (Å²) >= 11 is 1.68. The number of benzene rings is 1. The Balaban J connectivity index is 1.09. The number of halogens is 3. The first-order valence-electron chi connectivity index (χ1n) is 11.1. The lowest BCUT2D eigenvalue weighted by Gasteiger charge is -2.16. The van der Waals surface area contributed by atoms with E-state index in [0.717, 1.165) is 61.1 Å². The highest BCUT2D eigenvalue weighted by atomic mass is 32.2. The maximum Gasteiger partial charge on any atom is 0.416 e. The third kappa shape index (κ3) is 4.42. The van der Waals surface area contributed by atoms with Gasteiger partial charge in [0.2, 0.25) is 5.82 Å². The molecule has 3 heterocycles. The van der Waals surface area contributed by atoms with Crippen molar-refractivity contribution in [2.45, 2.75) is 43.4 Å². The van der Waals surface area contributed by atoms with Crippen LogP contribution in [0.15, 0.2) is 40.2 Å². The molecule has 0 N–H and O–H groups in total. The van der Waals surface area contributed by atoms with Gasteiger partial charge in [0.25, 0.3) is 0 Å². The largest absolute Gasteiger partial charge is 0.440 e. The van der Waals surface area contributed by atoms with Crippen LogP contribution in [0.2, 0.25) is 0 Å². The summed E-state index contributed by atoms with van der Waals surface area (Å²) in [6.45, 7) is 4.98. The van der Waals surface area contributed by atoms with Gasteiger partial charge in [-0.3, -0.25) is 0 Å². The lowest BCUT2D eigenvalue weighted by molar-refractivity contribution is -0.137. The summed E-state index contributed by atoms with van der Waals surface area (Å²) in [6.07, 6.45) is 0.372. The molecule has 0 radical (unpaired) electrons. The Hall–Kier alpha value is -2.33. The van der Waals surface area contributed by atoms with Gasteiger partial charge in [-0.1, -0.05) is 23.9 Å². The van der Waals surface area contributed by atoms with Gasteiger partial charge in [-0.25, -0.2) is 4.98 Å². The van der Waals surface area contributed by atoms with Gasteiger partial charge in [-0.05, 0) is 68.3 Å². The van der Waals surface area contributed by atoms with E-state index in [2.05, 4.69) is 20.1 Å². The Bertz CT molecular complexity index is 1130. The summed E-state index contributed by atoms with van der Waals surface area (Å²) < 4.78 is 45.8. The average Bonchev–Trinajstić information content (AvgIpc) is 3.05. The molecule has 5 rings (SSSR count). The number of thioether (sulfide) groups is 1. The van der Waals surface area contributed by atoms with Crippen LogP contribution < -0.4 is 0 Å². The van der Waals surface area contributed by atoms with Crippen molar-refractivity contribution < 1.29 is 17.6 Å². The number of oxazole rings is 1. The summed E-state index contributed by atoms with van der Waals surface area (Å²) in [6, 6.07) is 5.76. The van der Waals surface area contributed by atoms with Gasteiger partial charge in [0.15, 0.2) is 17.3 Å². The Morgan fingerprint density at radius 2 is 2.00 bits per heavy atom. The fraction of sp³-hybridized carbons (Fsp3) is 0.522. The minimum atomic E-state index is -4.27. The number of hydrogen-bond donors (Lipinski definition) is 0. The molecule has 0 bridgehead atoms. The van der Waals surface area contributed by atoms with Gasteiger partial charge in [0, 0.05) is 19.3 Å². The monoisotopic (exact) mass is 477 g/mol. The molecule has 0 amide bonds. The van der Waals surface area contributed by atoms with E-state index >= 15 is 0 Å². The lowest BCUT2D eigenvalue weighted by atomic mass is 9.97. The SMILES string of the molecule is Cc1ncoc1-c1nnc(SCCCN2CC[C@@]3(CC3c3ccc(C(F)(F)F)cc3)C2)n1C. The lowest BCUT2D eigenvalue weighted by Crippen LogP contribution is -2.23. The molecule has 1 aromatic carbocycles. The first-order chi connectivity index (χ1) is 15.8. The molecular formula is C23H26F3N5OS. The first kappa shape index (κ1) is 22.5. The molecule has 3 aromatic rings. The fourth-order valence-electron chi connectivity index (χ4n) is 4.96. The van der Waals surface area contributed by atoms with Crippen LogP contribution in [0.25, 0.3) is 11.6 Å². The standard InChI is InChI=1S/C23H26F3N5OS/c1-15-19(32-14-27-15)20-28-29-21(30(20)2)33-11-3-9-31-10-8-22(13-31)12-18(22)16-4-6-17(7-5-16)23(24,25)26/h4-7,14,18H,3,8-13H2,1-2H3/t18?,22-/m1/s1. The third-order valence-corrected chi connectivity index (χ3v) is 8.03. The van der Waals surface area contributed by atoms with Crippen LogP contribution in [-0.2, 0) is 13.2 Å². The summed E-state index contributed by atoms with van der Waals surface area (Å²) in [7, 11) is 1.93. The van der Waals surface area contributed by atoms with Crippen LogP contribution in [0, 0.1) is 12.3 Å². The molecule has 1 saturated carbocycles. The zero-order valence-electron chi connectivity index (χ0n) is 18.6. The van der Waals surface area contributed by atoms with E-state index < -0.39 is 11.7 Å². The van der Waals surface area contributed by atoms with Crippen molar-refractivity contribution in [2.75, 3.05) is 25.4 Å². The molecule has 33 heavy (non-hydrogen) atoms. The van der Waals surface area contributed by atoms with E-state index in [-0.39, 0.29) is 5.41 Å². The molecule has 1 spiro atoms. The second-order valence-electron chi connectivity index (χ2n) is 9.10. The van der Waals surface area contributed by atoms with Crippen LogP contribution in [0.3, 0.4) is 0 Å². The number of aryl methyl sites for hydroxylation is 1. The van der Waals surface area contributed by atoms with Crippen LogP contribution in [-0.4, -0.2) is 50.0 Å². The fourth-order valence-corrected chi connectivity index (χ4v) is 5.79. The van der Waals surface area contributed by atoms with Gasteiger partial charge < -0.3 is 13.9 Å². The molecule has 6 nitrogen and oxygen atoms in total. The minimum Gasteiger partial charge on any atom is -0.440 e. The van der Waals surface area contributed by atoms with Crippen molar-refractivity contribution in [1.29, 1.82) is 0 Å². The molecule has 2 aromatic heterocycles. The molecule has 1 aliphatic carbocycles. The molecule has 10 heteroatoms. The predicted octanol–water partition coefficient (Wildman–Crippen LogP) is 5.16. The quantitative estimate of drug-likeness (QED) is 0.346. The van der Waals surface area contributed by atoms with Crippen molar-refractivity contribution in [3.63, 3.8) is 0 Å². The second kappa shape index (κ2) is 8.47. The summed E-state index contributed by atoms with van der Waals surface area (Å²) in [5.41, 5.74) is 1.51. The molecule has 1 unspecified atom stereocenters. The second-order valence-corrected chi connectivity index (χ2v) is 10.2. The summed E-state index contributed by atoms with van der Waals surface area (Å²) in [5.74, 6) is 2.65. The summed E-state index contributed by atoms with van der Waals surface area (Å²) in [5, 5.41) is 9.38. The van der Waals surface area contributed by atoms with Gasteiger partial charge in [-0.15, -0.1) is 10.2 Å². The average molecular weight is 478 g/mol. The maximum absolute atomic E-state index is 12.8. The number of hydrogen-bond acceptors (Lipinski definition) is 6. The number of rotatable bonds is 7. The van der Waals surface area contributed by atoms with E-state index in [0.29, 0.717) is 17.5 Å². The van der Waals surface area contributed by atoms with E-state index in [1.54, 1.807) is 23.9 Å². The van der Waals surface area contributed by atoms with Gasteiger partial charge in [0.05, 0.1) is 11.3 Å². The first-order valence-corrected chi connectivity index (χ1v) is 12.1. The predicted molar refractivity (Wildman–Crippen MR) is 119 cm³/mol. The Labute approximate surface area is 194 Å². The van der Waals surface area contributed by atoms with E-state index in [1.807, 2.05) is 18.5 Å². The van der Waals surface area contributed by atoms with Crippen LogP contribution in [0.4, 0.5) is 13.2 Å². The van der Waals surface area contributed by atoms with Crippen molar-refractivity contribution in [3.8, 4) is 11.6 Å². The van der Waals surface area contributed by atoms with E-state index in [1.165, 1.54) is 18.5 Å². The molecule has 1 aliphatic heterocycles. The van der Waals surface area contributed by atoms with Crippen molar-refractivity contribution in [2.24, 2.45) is 12.5 Å². The van der Waals surface area contributed by atoms with Gasteiger partial charge in [-0.2, -0.15) is 13.2 Å². The number of likely N-dealkylation sites (tertiary alicyclic amines) is 1. The highest BCUT2D eigenvalue weighted by Crippen LogP contribution is 2.64. The molecule has 2 aliphatic rings. The number of aromatic nitrogens is 4. The Kier molecular flexibility index (Phi) is 5.76. The third-order valence-electron chi connectivity index (χ3n) is 6.93. The van der Waals surface area contributed by atoms with Gasteiger partial charge in [0.1, 0.15) is 0 Å². The highest BCUT2D eigenvalue weighted by Gasteiger charge is 2.57. The molecule has 2 atom stereocenters. The topological polar surface area (TPSA) is 60.0 Å². The molecule has 1 saturated heterocycles. The number of alkyl halides is 3. The normalized spacial score (nSPS) is 23.0. The van der Waals surface area contributed by atoms with E-state index in [4.69, 9.17) is 4.42 Å². The number of nitrogens with zero attached hydrogens (tertiary/aromatic N) is 5. The Morgan fingerprint density at radius 3 is 2.70 bits per heavy atom. The molecule has 176 valence electrons. The van der Waals surface area contributed by atoms with Crippen LogP contribution >= 0.6 is 11.8 Å². The Morgan fingerprint density at radius 1 is 1.21 bits per heavy atom. The van der Waals surface area contributed by atoms with Gasteiger partial charge >= 0.3 is 6.18 Å². The molecular weight excluding hydrogens is 451 g/mol. The zero-order chi connectivity index (χ0) is 23.2. The van der Waals surface area contributed by atoms with Crippen molar-refractivity contribution in [3.05, 3.63) is 47.5 Å². The minimum absolute atomic E-state index is 0.250. The van der Waals surface area contributed by atoms with E-state index in [9.17, 15) is 13.2 Å². The van der Waals surface area contributed by atoms with Crippen molar-refractivity contribution in [1.82, 2.24) is 24.6 Å².